The minimum atomic E-state index is -0.138. The number of hydrogen-bond donors (Lipinski definition) is 1. The maximum Gasteiger partial charge on any atom is 0.257 e. The van der Waals surface area contributed by atoms with E-state index < -0.39 is 0 Å². The number of pyridine rings is 2. The number of benzene rings is 2. The molecule has 5 aromatic rings. The summed E-state index contributed by atoms with van der Waals surface area (Å²) in [4.78, 5) is 36.0. The van der Waals surface area contributed by atoms with Crippen LogP contribution in [0.5, 0.6) is 0 Å². The van der Waals surface area contributed by atoms with Crippen LogP contribution in [0.2, 0.25) is 0 Å². The van der Waals surface area contributed by atoms with Gasteiger partial charge in [-0.25, -0.2) is 4.98 Å². The lowest BCUT2D eigenvalue weighted by Gasteiger charge is -2.16. The first-order valence-corrected chi connectivity index (χ1v) is 13.0. The van der Waals surface area contributed by atoms with Gasteiger partial charge in [-0.3, -0.25) is 14.5 Å². The normalized spacial score (nSPS) is 15.9. The molecule has 178 valence electrons. The number of hydrogen-bond acceptors (Lipinski definition) is 5. The van der Waals surface area contributed by atoms with Crippen LogP contribution in [0.4, 0.5) is 0 Å². The van der Waals surface area contributed by atoms with Gasteiger partial charge in [-0.2, -0.15) is 0 Å². The molecule has 1 N–H and O–H groups in total. The van der Waals surface area contributed by atoms with Crippen molar-refractivity contribution in [2.45, 2.75) is 13.0 Å². The van der Waals surface area contributed by atoms with E-state index >= 15 is 0 Å². The van der Waals surface area contributed by atoms with Crippen LogP contribution >= 0.6 is 11.3 Å². The van der Waals surface area contributed by atoms with Crippen LogP contribution in [0, 0.1) is 5.92 Å². The Bertz CT molecular complexity index is 1570. The average Bonchev–Trinajstić information content (AvgIpc) is 3.62. The Morgan fingerprint density at radius 2 is 1.83 bits per heavy atom. The summed E-state index contributed by atoms with van der Waals surface area (Å²) in [6.45, 7) is 2.56. The van der Waals surface area contributed by atoms with Crippen LogP contribution in [-0.4, -0.2) is 33.7 Å². The second-order valence-electron chi connectivity index (χ2n) is 9.25. The number of likely N-dealkylation sites (tertiary alicyclic amines) is 1. The fourth-order valence-electron chi connectivity index (χ4n) is 5.00. The number of carbonyl (C=O) groups is 1. The van der Waals surface area contributed by atoms with Gasteiger partial charge in [0.05, 0.1) is 21.5 Å². The van der Waals surface area contributed by atoms with Crippen LogP contribution in [0.1, 0.15) is 21.7 Å². The zero-order valence-corrected chi connectivity index (χ0v) is 20.5. The fourth-order valence-corrected chi connectivity index (χ4v) is 5.75. The Labute approximate surface area is 213 Å². The van der Waals surface area contributed by atoms with Crippen molar-refractivity contribution in [1.29, 1.82) is 0 Å². The van der Waals surface area contributed by atoms with Gasteiger partial charge >= 0.3 is 0 Å². The average molecular weight is 492 g/mol. The molecule has 36 heavy (non-hydrogen) atoms. The molecular formula is C30H25N3O2S. The molecule has 6 heteroatoms. The highest BCUT2D eigenvalue weighted by Crippen LogP contribution is 2.33. The summed E-state index contributed by atoms with van der Waals surface area (Å²) < 4.78 is 0. The minimum Gasteiger partial charge on any atom is -0.328 e. The van der Waals surface area contributed by atoms with Crippen molar-refractivity contribution in [3.8, 4) is 22.4 Å². The number of fused-ring (bicyclic) bond motifs is 1. The first-order valence-electron chi connectivity index (χ1n) is 12.1. The van der Waals surface area contributed by atoms with Crippen molar-refractivity contribution in [2.24, 2.45) is 5.92 Å². The summed E-state index contributed by atoms with van der Waals surface area (Å²) >= 11 is 1.53. The Hall–Kier alpha value is -3.87. The number of thiophene rings is 1. The van der Waals surface area contributed by atoms with Crippen LogP contribution in [0.15, 0.2) is 95.2 Å². The lowest BCUT2D eigenvalue weighted by atomic mass is 9.97. The first kappa shape index (κ1) is 22.6. The van der Waals surface area contributed by atoms with E-state index in [1.54, 1.807) is 6.20 Å². The molecule has 6 rings (SSSR count). The number of aromatic nitrogens is 2. The van der Waals surface area contributed by atoms with E-state index in [9.17, 15) is 9.59 Å². The van der Waals surface area contributed by atoms with Gasteiger partial charge < -0.3 is 4.98 Å². The Balaban J connectivity index is 1.26. The van der Waals surface area contributed by atoms with Gasteiger partial charge in [0.1, 0.15) is 0 Å². The number of H-pyrrole nitrogens is 1. The van der Waals surface area contributed by atoms with E-state index in [1.807, 2.05) is 60.0 Å². The highest BCUT2D eigenvalue weighted by molar-refractivity contribution is 7.12. The molecule has 4 heterocycles. The molecule has 0 aliphatic carbocycles. The van der Waals surface area contributed by atoms with Gasteiger partial charge in [-0.05, 0) is 47.7 Å². The zero-order chi connectivity index (χ0) is 24.5. The molecule has 0 bridgehead atoms. The molecule has 1 aliphatic rings. The second-order valence-corrected chi connectivity index (χ2v) is 10.2. The van der Waals surface area contributed by atoms with E-state index in [1.165, 1.54) is 16.9 Å². The third-order valence-corrected chi connectivity index (χ3v) is 7.76. The van der Waals surface area contributed by atoms with Gasteiger partial charge in [0.25, 0.3) is 5.56 Å². The summed E-state index contributed by atoms with van der Waals surface area (Å²) in [6.07, 6.45) is 2.55. The largest absolute Gasteiger partial charge is 0.328 e. The predicted molar refractivity (Wildman–Crippen MR) is 145 cm³/mol. The molecule has 0 spiro atoms. The highest BCUT2D eigenvalue weighted by atomic mass is 32.1. The van der Waals surface area contributed by atoms with Crippen molar-refractivity contribution < 1.29 is 4.79 Å². The quantitative estimate of drug-likeness (QED) is 0.295. The molecule has 1 fully saturated rings. The number of Topliss-reactive ketones (excluding diaryl/α,β-unsaturated/α-hetero) is 1. The van der Waals surface area contributed by atoms with Crippen molar-refractivity contribution in [2.75, 3.05) is 13.1 Å². The molecule has 0 radical (unpaired) electrons. The lowest BCUT2D eigenvalue weighted by molar-refractivity contribution is 0.0926. The summed E-state index contributed by atoms with van der Waals surface area (Å²) in [5.74, 6) is 0.360. The van der Waals surface area contributed by atoms with E-state index in [4.69, 9.17) is 4.98 Å². The standard InChI is InChI=1S/C30H25N3O2S/c34-29(27-7-4-16-36-27)23-13-15-33(19-23)18-20-8-10-22(11-9-20)28-24(21-5-2-1-3-6-21)17-25-26(32-28)12-14-31-30(25)35/h1-12,14,16-17,23H,13,15,18-19H2,(H,31,35)/t23-/m0/s1. The molecule has 5 nitrogen and oxygen atoms in total. The number of ketones is 1. The van der Waals surface area contributed by atoms with E-state index in [0.717, 1.165) is 53.3 Å². The van der Waals surface area contributed by atoms with Gasteiger partial charge in [0.2, 0.25) is 0 Å². The molecule has 0 amide bonds. The first-order chi connectivity index (χ1) is 17.7. The summed E-state index contributed by atoms with van der Waals surface area (Å²) in [6, 6.07) is 26.2. The van der Waals surface area contributed by atoms with Gasteiger partial charge in [-0.15, -0.1) is 11.3 Å². The second kappa shape index (κ2) is 9.64. The Morgan fingerprint density at radius 3 is 2.61 bits per heavy atom. The predicted octanol–water partition coefficient (Wildman–Crippen LogP) is 6.02. The number of rotatable bonds is 6. The maximum absolute atomic E-state index is 12.7. The van der Waals surface area contributed by atoms with Crippen LogP contribution < -0.4 is 5.56 Å². The zero-order valence-electron chi connectivity index (χ0n) is 19.7. The van der Waals surface area contributed by atoms with Crippen LogP contribution in [0.3, 0.4) is 0 Å². The maximum atomic E-state index is 12.7. The third kappa shape index (κ3) is 4.41. The molecule has 0 saturated carbocycles. The number of carbonyl (C=O) groups excluding carboxylic acids is 1. The van der Waals surface area contributed by atoms with Crippen LogP contribution in [-0.2, 0) is 6.54 Å². The van der Waals surface area contributed by atoms with Crippen molar-refractivity contribution >= 4 is 28.0 Å². The summed E-state index contributed by atoms with van der Waals surface area (Å²) in [5, 5.41) is 2.55. The third-order valence-electron chi connectivity index (χ3n) is 6.88. The minimum absolute atomic E-state index is 0.0845. The molecule has 1 saturated heterocycles. The monoisotopic (exact) mass is 491 g/mol. The molecular weight excluding hydrogens is 466 g/mol. The van der Waals surface area contributed by atoms with Crippen molar-refractivity contribution in [1.82, 2.24) is 14.9 Å². The van der Waals surface area contributed by atoms with E-state index in [2.05, 4.69) is 34.1 Å². The molecule has 0 unspecified atom stereocenters. The van der Waals surface area contributed by atoms with Crippen molar-refractivity contribution in [3.05, 3.63) is 111 Å². The number of nitrogens with zero attached hydrogens (tertiary/aromatic N) is 2. The van der Waals surface area contributed by atoms with Gasteiger partial charge in [-0.1, -0.05) is 60.7 Å². The number of nitrogens with one attached hydrogen (secondary N) is 1. The SMILES string of the molecule is O=C(c1cccs1)[C@H]1CCN(Cc2ccc(-c3nc4cc[nH]c(=O)c4cc3-c3ccccc3)cc2)C1. The molecule has 2 aromatic carbocycles. The Kier molecular flexibility index (Phi) is 6.05. The van der Waals surface area contributed by atoms with E-state index in [0.29, 0.717) is 10.9 Å². The lowest BCUT2D eigenvalue weighted by Crippen LogP contribution is -2.22. The Morgan fingerprint density at radius 1 is 1.00 bits per heavy atom. The summed E-state index contributed by atoms with van der Waals surface area (Å²) in [5.41, 5.74) is 5.56. The van der Waals surface area contributed by atoms with Gasteiger partial charge in [0.15, 0.2) is 5.78 Å². The molecule has 1 aliphatic heterocycles. The smallest absolute Gasteiger partial charge is 0.257 e. The highest BCUT2D eigenvalue weighted by Gasteiger charge is 2.29. The van der Waals surface area contributed by atoms with E-state index in [-0.39, 0.29) is 17.3 Å². The topological polar surface area (TPSA) is 66.1 Å². The summed E-state index contributed by atoms with van der Waals surface area (Å²) in [7, 11) is 0. The number of aromatic amines is 1. The molecule has 1 atom stereocenters. The molecule has 3 aromatic heterocycles. The van der Waals surface area contributed by atoms with Crippen molar-refractivity contribution in [3.63, 3.8) is 0 Å². The fraction of sp³-hybridized carbons (Fsp3) is 0.167. The van der Waals surface area contributed by atoms with Gasteiger partial charge in [0, 0.05) is 36.3 Å². The van der Waals surface area contributed by atoms with Crippen LogP contribution in [0.25, 0.3) is 33.3 Å².